The van der Waals surface area contributed by atoms with E-state index in [0.29, 0.717) is 5.11 Å². The molecular formula is C24H21N5OS. The highest BCUT2D eigenvalue weighted by Gasteiger charge is 2.42. The zero-order valence-corrected chi connectivity index (χ0v) is 17.7. The minimum Gasteiger partial charge on any atom is -0.508 e. The van der Waals surface area contributed by atoms with Gasteiger partial charge >= 0.3 is 0 Å². The van der Waals surface area contributed by atoms with Crippen LogP contribution in [0.5, 0.6) is 5.75 Å². The Kier molecular flexibility index (Phi) is 4.88. The van der Waals surface area contributed by atoms with E-state index in [4.69, 9.17) is 12.2 Å². The maximum atomic E-state index is 9.79. The molecule has 1 saturated heterocycles. The van der Waals surface area contributed by atoms with Crippen LogP contribution in [0.3, 0.4) is 0 Å². The number of hydrogen-bond acceptors (Lipinski definition) is 4. The Bertz CT molecular complexity index is 1210. The molecule has 0 spiro atoms. The fraction of sp³-hybridized carbons (Fsp3) is 0.125. The number of benzene rings is 1. The molecule has 0 unspecified atom stereocenters. The van der Waals surface area contributed by atoms with Crippen LogP contribution in [0.15, 0.2) is 85.3 Å². The van der Waals surface area contributed by atoms with Gasteiger partial charge in [-0.1, -0.05) is 6.07 Å². The zero-order chi connectivity index (χ0) is 21.4. The van der Waals surface area contributed by atoms with Crippen LogP contribution in [0.4, 0.5) is 5.69 Å². The molecule has 0 aliphatic carbocycles. The summed E-state index contributed by atoms with van der Waals surface area (Å²) < 4.78 is 2.20. The molecule has 7 heteroatoms. The molecule has 4 aromatic rings. The highest BCUT2D eigenvalue weighted by atomic mass is 32.1. The van der Waals surface area contributed by atoms with Gasteiger partial charge in [-0.3, -0.25) is 9.97 Å². The molecule has 0 bridgehead atoms. The molecule has 3 aromatic heterocycles. The largest absolute Gasteiger partial charge is 0.508 e. The van der Waals surface area contributed by atoms with Crippen molar-refractivity contribution in [1.82, 2.24) is 19.9 Å². The highest BCUT2D eigenvalue weighted by Crippen LogP contribution is 2.42. The normalized spacial score (nSPS) is 18.2. The van der Waals surface area contributed by atoms with Gasteiger partial charge in [-0.15, -0.1) is 0 Å². The third-order valence-electron chi connectivity index (χ3n) is 5.54. The maximum absolute atomic E-state index is 9.79. The van der Waals surface area contributed by atoms with Crippen molar-refractivity contribution in [2.75, 3.05) is 4.90 Å². The Balaban J connectivity index is 1.70. The van der Waals surface area contributed by atoms with Crippen molar-refractivity contribution in [2.24, 2.45) is 0 Å². The van der Waals surface area contributed by atoms with Crippen LogP contribution >= 0.6 is 12.2 Å². The number of aromatic hydroxyl groups is 1. The first kappa shape index (κ1) is 19.3. The van der Waals surface area contributed by atoms with Crippen molar-refractivity contribution in [2.45, 2.75) is 19.0 Å². The summed E-state index contributed by atoms with van der Waals surface area (Å²) in [6.07, 6.45) is 5.43. The number of aromatic nitrogens is 3. The topological polar surface area (TPSA) is 66.2 Å². The molecule has 31 heavy (non-hydrogen) atoms. The van der Waals surface area contributed by atoms with Crippen molar-refractivity contribution in [3.8, 4) is 11.4 Å². The third-order valence-corrected chi connectivity index (χ3v) is 5.85. The van der Waals surface area contributed by atoms with Crippen LogP contribution in [0.25, 0.3) is 5.69 Å². The molecule has 0 saturated carbocycles. The molecule has 0 amide bonds. The minimum absolute atomic E-state index is 0.146. The number of phenols is 1. The summed E-state index contributed by atoms with van der Waals surface area (Å²) in [6, 6.07) is 20.9. The summed E-state index contributed by atoms with van der Waals surface area (Å²) in [5.74, 6) is 0.217. The summed E-state index contributed by atoms with van der Waals surface area (Å²) >= 11 is 5.78. The maximum Gasteiger partial charge on any atom is 0.174 e. The summed E-state index contributed by atoms with van der Waals surface area (Å²) in [6.45, 7) is 2.08. The molecule has 4 heterocycles. The Morgan fingerprint density at radius 1 is 0.935 bits per heavy atom. The predicted octanol–water partition coefficient (Wildman–Crippen LogP) is 4.46. The van der Waals surface area contributed by atoms with Gasteiger partial charge in [-0.05, 0) is 79.8 Å². The van der Waals surface area contributed by atoms with Gasteiger partial charge in [0.2, 0.25) is 0 Å². The van der Waals surface area contributed by atoms with Crippen LogP contribution in [0.2, 0.25) is 0 Å². The van der Waals surface area contributed by atoms with E-state index < -0.39 is 0 Å². The van der Waals surface area contributed by atoms with Gasteiger partial charge in [-0.25, -0.2) is 0 Å². The van der Waals surface area contributed by atoms with Crippen molar-refractivity contribution < 1.29 is 5.11 Å². The van der Waals surface area contributed by atoms with Crippen LogP contribution in [-0.4, -0.2) is 24.8 Å². The zero-order valence-electron chi connectivity index (χ0n) is 16.9. The summed E-state index contributed by atoms with van der Waals surface area (Å²) in [5.41, 5.74) is 4.97. The van der Waals surface area contributed by atoms with E-state index >= 15 is 0 Å². The number of phenolic OH excluding ortho intramolecular Hbond substituents is 1. The molecule has 154 valence electrons. The van der Waals surface area contributed by atoms with Gasteiger partial charge < -0.3 is 19.9 Å². The lowest BCUT2D eigenvalue weighted by atomic mass is 10.0. The fourth-order valence-corrected chi connectivity index (χ4v) is 4.52. The average Bonchev–Trinajstić information content (AvgIpc) is 3.35. The van der Waals surface area contributed by atoms with E-state index in [0.717, 1.165) is 28.5 Å². The van der Waals surface area contributed by atoms with Gasteiger partial charge in [0.1, 0.15) is 11.8 Å². The molecule has 1 fully saturated rings. The molecule has 0 radical (unpaired) electrons. The Morgan fingerprint density at radius 3 is 2.48 bits per heavy atom. The first-order valence-electron chi connectivity index (χ1n) is 10.0. The number of thiocarbonyl (C=S) groups is 1. The molecular weight excluding hydrogens is 406 g/mol. The lowest BCUT2D eigenvalue weighted by molar-refractivity contribution is 0.475. The molecule has 2 N–H and O–H groups in total. The number of nitrogens with one attached hydrogen (secondary N) is 1. The Labute approximate surface area is 185 Å². The summed E-state index contributed by atoms with van der Waals surface area (Å²) in [5, 5.41) is 13.9. The van der Waals surface area contributed by atoms with Crippen LogP contribution in [0.1, 0.15) is 29.2 Å². The number of aryl methyl sites for hydroxylation is 1. The number of rotatable bonds is 4. The number of hydrogen-bond donors (Lipinski definition) is 2. The minimum atomic E-state index is -0.152. The molecule has 1 aliphatic rings. The standard InChI is InChI=1S/C24H21N5OS/c1-16-7-12-21(28(16)18-5-4-13-25-15-18)23-22(20-6-2-3-14-26-20)27-24(31)29(23)17-8-10-19(30)11-9-17/h2-15,22-23,30H,1H3,(H,27,31)/t22-,23+/m1/s1. The first-order chi connectivity index (χ1) is 15.1. The van der Waals surface area contributed by atoms with E-state index in [9.17, 15) is 5.11 Å². The molecule has 1 aromatic carbocycles. The summed E-state index contributed by atoms with van der Waals surface area (Å²) in [7, 11) is 0. The monoisotopic (exact) mass is 427 g/mol. The molecule has 2 atom stereocenters. The lowest BCUT2D eigenvalue weighted by Crippen LogP contribution is -2.30. The first-order valence-corrected chi connectivity index (χ1v) is 10.4. The van der Waals surface area contributed by atoms with Gasteiger partial charge in [-0.2, -0.15) is 0 Å². The van der Waals surface area contributed by atoms with Crippen LogP contribution in [-0.2, 0) is 0 Å². The van der Waals surface area contributed by atoms with E-state index in [2.05, 4.69) is 43.8 Å². The van der Waals surface area contributed by atoms with Gasteiger partial charge in [0, 0.05) is 29.5 Å². The van der Waals surface area contributed by atoms with Crippen molar-refractivity contribution in [1.29, 1.82) is 0 Å². The van der Waals surface area contributed by atoms with Gasteiger partial charge in [0.25, 0.3) is 0 Å². The number of anilines is 1. The Morgan fingerprint density at radius 2 is 1.77 bits per heavy atom. The smallest absolute Gasteiger partial charge is 0.174 e. The van der Waals surface area contributed by atoms with Crippen molar-refractivity contribution in [3.05, 3.63) is 102 Å². The van der Waals surface area contributed by atoms with E-state index in [1.165, 1.54) is 0 Å². The second-order valence-corrected chi connectivity index (χ2v) is 7.85. The second kappa shape index (κ2) is 7.85. The van der Waals surface area contributed by atoms with Gasteiger partial charge in [0.05, 0.1) is 23.6 Å². The second-order valence-electron chi connectivity index (χ2n) is 7.46. The molecule has 6 nitrogen and oxygen atoms in total. The van der Waals surface area contributed by atoms with Crippen molar-refractivity contribution >= 4 is 23.0 Å². The lowest BCUT2D eigenvalue weighted by Gasteiger charge is -2.29. The van der Waals surface area contributed by atoms with Gasteiger partial charge in [0.15, 0.2) is 5.11 Å². The third kappa shape index (κ3) is 3.43. The fourth-order valence-electron chi connectivity index (χ4n) is 4.17. The van der Waals surface area contributed by atoms with Crippen molar-refractivity contribution in [3.63, 3.8) is 0 Å². The van der Waals surface area contributed by atoms with E-state index in [1.807, 2.05) is 48.7 Å². The SMILES string of the molecule is Cc1ccc([C@H]2[C@@H](c3ccccn3)NC(=S)N2c2ccc(O)cc2)n1-c1cccnc1. The van der Waals surface area contributed by atoms with Crippen LogP contribution < -0.4 is 10.2 Å². The molecule has 5 rings (SSSR count). The molecule has 1 aliphatic heterocycles. The predicted molar refractivity (Wildman–Crippen MR) is 124 cm³/mol. The van der Waals surface area contributed by atoms with Crippen LogP contribution in [0, 0.1) is 6.92 Å². The van der Waals surface area contributed by atoms with E-state index in [-0.39, 0.29) is 17.8 Å². The van der Waals surface area contributed by atoms with E-state index in [1.54, 1.807) is 24.5 Å². The number of pyridine rings is 2. The summed E-state index contributed by atoms with van der Waals surface area (Å²) in [4.78, 5) is 11.0. The Hall–Kier alpha value is -3.71. The highest BCUT2D eigenvalue weighted by molar-refractivity contribution is 7.80. The average molecular weight is 428 g/mol. The number of nitrogens with zero attached hydrogens (tertiary/aromatic N) is 4. The quantitative estimate of drug-likeness (QED) is 0.469.